The molecule has 1 aromatic rings. The summed E-state index contributed by atoms with van der Waals surface area (Å²) in [6.07, 6.45) is 2.84. The highest BCUT2D eigenvalue weighted by Gasteiger charge is 2.46. The van der Waals surface area contributed by atoms with Crippen LogP contribution < -0.4 is 0 Å². The predicted molar refractivity (Wildman–Crippen MR) is 55.8 cm³/mol. The van der Waals surface area contributed by atoms with Crippen molar-refractivity contribution in [3.05, 3.63) is 35.9 Å². The maximum Gasteiger partial charge on any atom is 0.501 e. The van der Waals surface area contributed by atoms with Gasteiger partial charge in [-0.25, -0.2) is 8.42 Å². The summed E-state index contributed by atoms with van der Waals surface area (Å²) in [6, 6.07) is 4.20. The molecule has 17 heavy (non-hydrogen) atoms. The monoisotopic (exact) mass is 266 g/mol. The zero-order valence-electron chi connectivity index (χ0n) is 8.48. The van der Waals surface area contributed by atoms with Gasteiger partial charge in [0, 0.05) is 0 Å². The van der Waals surface area contributed by atoms with Crippen LogP contribution in [-0.2, 0) is 9.84 Å². The number of alkyl halides is 3. The third-order valence-corrected chi connectivity index (χ3v) is 3.41. The van der Waals surface area contributed by atoms with Gasteiger partial charge in [-0.15, -0.1) is 0 Å². The van der Waals surface area contributed by atoms with Crippen LogP contribution in [0.2, 0.25) is 0 Å². The SMILES string of the molecule is O=S(=O)(c1ccc(/C=C/CO)cc1)C(F)(F)F. The van der Waals surface area contributed by atoms with E-state index in [-0.39, 0.29) is 6.61 Å². The lowest BCUT2D eigenvalue weighted by atomic mass is 10.2. The van der Waals surface area contributed by atoms with Crippen molar-refractivity contribution in [1.82, 2.24) is 0 Å². The second-order valence-electron chi connectivity index (χ2n) is 3.10. The lowest BCUT2D eigenvalue weighted by molar-refractivity contribution is -0.0436. The quantitative estimate of drug-likeness (QED) is 0.910. The van der Waals surface area contributed by atoms with Gasteiger partial charge >= 0.3 is 5.51 Å². The minimum Gasteiger partial charge on any atom is -0.392 e. The molecule has 94 valence electrons. The van der Waals surface area contributed by atoms with Gasteiger partial charge in [-0.1, -0.05) is 24.3 Å². The summed E-state index contributed by atoms with van der Waals surface area (Å²) in [6.45, 7) is -0.206. The Morgan fingerprint density at radius 2 is 1.71 bits per heavy atom. The molecule has 0 aliphatic carbocycles. The van der Waals surface area contributed by atoms with Crippen LogP contribution in [0, 0.1) is 0 Å². The van der Waals surface area contributed by atoms with Crippen LogP contribution in [-0.4, -0.2) is 25.6 Å². The van der Waals surface area contributed by atoms with Gasteiger partial charge in [0.2, 0.25) is 0 Å². The van der Waals surface area contributed by atoms with E-state index < -0.39 is 20.2 Å². The molecular weight excluding hydrogens is 257 g/mol. The Balaban J connectivity index is 3.08. The molecule has 0 radical (unpaired) electrons. The molecule has 0 saturated heterocycles. The fourth-order valence-electron chi connectivity index (χ4n) is 1.08. The molecule has 0 fully saturated rings. The minimum absolute atomic E-state index is 0.206. The van der Waals surface area contributed by atoms with E-state index in [0.29, 0.717) is 5.56 Å². The third kappa shape index (κ3) is 3.07. The summed E-state index contributed by atoms with van der Waals surface area (Å²) >= 11 is 0. The maximum atomic E-state index is 12.2. The standard InChI is InChI=1S/C10H9F3O3S/c11-10(12,13)17(15,16)9-5-3-8(4-6-9)2-1-7-14/h1-6,14H,7H2/b2-1+. The zero-order chi connectivity index (χ0) is 13.1. The second kappa shape index (κ2) is 4.89. The Bertz CT molecular complexity index is 501. The summed E-state index contributed by atoms with van der Waals surface area (Å²) in [7, 11) is -5.29. The fourth-order valence-corrected chi connectivity index (χ4v) is 1.84. The van der Waals surface area contributed by atoms with Gasteiger partial charge in [0.25, 0.3) is 9.84 Å². The maximum absolute atomic E-state index is 12.2. The Morgan fingerprint density at radius 3 is 2.12 bits per heavy atom. The van der Waals surface area contributed by atoms with Crippen molar-refractivity contribution in [3.63, 3.8) is 0 Å². The average Bonchev–Trinajstić information content (AvgIpc) is 2.25. The Morgan fingerprint density at radius 1 is 1.18 bits per heavy atom. The lowest BCUT2D eigenvalue weighted by Crippen LogP contribution is -2.23. The molecule has 1 aromatic carbocycles. The summed E-state index contributed by atoms with van der Waals surface area (Å²) in [5, 5.41) is 8.49. The first-order valence-electron chi connectivity index (χ1n) is 4.48. The zero-order valence-corrected chi connectivity index (χ0v) is 9.29. The molecule has 0 atom stereocenters. The number of benzene rings is 1. The van der Waals surface area contributed by atoms with E-state index in [1.807, 2.05) is 0 Å². The third-order valence-electron chi connectivity index (χ3n) is 1.91. The van der Waals surface area contributed by atoms with Crippen molar-refractivity contribution < 1.29 is 26.7 Å². The van der Waals surface area contributed by atoms with Crippen molar-refractivity contribution in [2.24, 2.45) is 0 Å². The average molecular weight is 266 g/mol. The van der Waals surface area contributed by atoms with Crippen LogP contribution in [0.25, 0.3) is 6.08 Å². The van der Waals surface area contributed by atoms with Crippen molar-refractivity contribution >= 4 is 15.9 Å². The highest BCUT2D eigenvalue weighted by Crippen LogP contribution is 2.30. The van der Waals surface area contributed by atoms with Gasteiger partial charge in [0.1, 0.15) is 0 Å². The fraction of sp³-hybridized carbons (Fsp3) is 0.200. The minimum atomic E-state index is -5.30. The van der Waals surface area contributed by atoms with Gasteiger partial charge in [0.15, 0.2) is 0 Å². The van der Waals surface area contributed by atoms with Crippen LogP contribution in [0.15, 0.2) is 35.2 Å². The van der Waals surface area contributed by atoms with E-state index in [0.717, 1.165) is 12.1 Å². The van der Waals surface area contributed by atoms with Crippen LogP contribution >= 0.6 is 0 Å². The highest BCUT2D eigenvalue weighted by molar-refractivity contribution is 7.92. The second-order valence-corrected chi connectivity index (χ2v) is 5.04. The number of halogens is 3. The van der Waals surface area contributed by atoms with Crippen LogP contribution in [0.5, 0.6) is 0 Å². The molecule has 7 heteroatoms. The summed E-state index contributed by atoms with van der Waals surface area (Å²) in [5.74, 6) is 0. The molecule has 0 aromatic heterocycles. The van der Waals surface area contributed by atoms with E-state index in [2.05, 4.69) is 0 Å². The molecule has 0 aliphatic heterocycles. The molecule has 1 rings (SSSR count). The molecule has 0 heterocycles. The number of sulfone groups is 1. The first-order valence-corrected chi connectivity index (χ1v) is 5.96. The molecule has 0 spiro atoms. The van der Waals surface area contributed by atoms with Crippen molar-refractivity contribution in [2.45, 2.75) is 10.4 Å². The molecule has 3 nitrogen and oxygen atoms in total. The first kappa shape index (κ1) is 13.7. The van der Waals surface area contributed by atoms with E-state index in [9.17, 15) is 21.6 Å². The van der Waals surface area contributed by atoms with Crippen molar-refractivity contribution in [1.29, 1.82) is 0 Å². The van der Waals surface area contributed by atoms with Gasteiger partial charge < -0.3 is 5.11 Å². The van der Waals surface area contributed by atoms with Gasteiger partial charge in [-0.3, -0.25) is 0 Å². The van der Waals surface area contributed by atoms with Crippen LogP contribution in [0.4, 0.5) is 13.2 Å². The molecule has 0 aliphatic rings. The van der Waals surface area contributed by atoms with E-state index >= 15 is 0 Å². The van der Waals surface area contributed by atoms with Crippen LogP contribution in [0.1, 0.15) is 5.56 Å². The molecule has 0 amide bonds. The molecule has 0 bridgehead atoms. The number of aliphatic hydroxyl groups excluding tert-OH is 1. The van der Waals surface area contributed by atoms with E-state index in [4.69, 9.17) is 5.11 Å². The van der Waals surface area contributed by atoms with Crippen LogP contribution in [0.3, 0.4) is 0 Å². The van der Waals surface area contributed by atoms with Crippen molar-refractivity contribution in [3.8, 4) is 0 Å². The van der Waals surface area contributed by atoms with E-state index in [1.54, 1.807) is 0 Å². The van der Waals surface area contributed by atoms with Gasteiger partial charge in [-0.05, 0) is 17.7 Å². The first-order chi connectivity index (χ1) is 7.79. The molecule has 0 saturated carbocycles. The largest absolute Gasteiger partial charge is 0.501 e. The highest BCUT2D eigenvalue weighted by atomic mass is 32.2. The van der Waals surface area contributed by atoms with Gasteiger partial charge in [0.05, 0.1) is 11.5 Å². The smallest absolute Gasteiger partial charge is 0.392 e. The summed E-state index contributed by atoms with van der Waals surface area (Å²) in [5.41, 5.74) is -4.80. The Labute approximate surface area is 96.1 Å². The van der Waals surface area contributed by atoms with Gasteiger partial charge in [-0.2, -0.15) is 13.2 Å². The molecule has 0 unspecified atom stereocenters. The number of rotatable bonds is 3. The molecule has 1 N–H and O–H groups in total. The predicted octanol–water partition coefficient (Wildman–Crippen LogP) is 1.99. The normalized spacial score (nSPS) is 13.2. The van der Waals surface area contributed by atoms with Crippen molar-refractivity contribution in [2.75, 3.05) is 6.61 Å². The Hall–Kier alpha value is -1.34. The lowest BCUT2D eigenvalue weighted by Gasteiger charge is -2.07. The topological polar surface area (TPSA) is 54.4 Å². The van der Waals surface area contributed by atoms with E-state index in [1.165, 1.54) is 24.3 Å². The number of hydrogen-bond donors (Lipinski definition) is 1. The Kier molecular flexibility index (Phi) is 3.94. The summed E-state index contributed by atoms with van der Waals surface area (Å²) in [4.78, 5) is -0.800. The summed E-state index contributed by atoms with van der Waals surface area (Å²) < 4.78 is 58.6. The number of aliphatic hydroxyl groups is 1. The number of hydrogen-bond acceptors (Lipinski definition) is 3. The molecular formula is C10H9F3O3S.